The molecule has 0 radical (unpaired) electrons. The number of hydrogen-bond acceptors (Lipinski definition) is 5. The van der Waals surface area contributed by atoms with Gasteiger partial charge in [-0.3, -0.25) is 4.79 Å². The van der Waals surface area contributed by atoms with Crippen LogP contribution >= 0.6 is 0 Å². The number of carbonyl (C=O) groups excluding carboxylic acids is 2. The van der Waals surface area contributed by atoms with E-state index in [1.165, 1.54) is 0 Å². The van der Waals surface area contributed by atoms with Crippen molar-refractivity contribution in [2.24, 2.45) is 34.0 Å². The largest absolute Gasteiger partial charge is 0.460 e. The fraction of sp³-hybridized carbons (Fsp3) is 0.818. The Morgan fingerprint density at radius 1 is 1.33 bits per heavy atom. The lowest BCUT2D eigenvalue weighted by molar-refractivity contribution is -0.207. The van der Waals surface area contributed by atoms with Crippen molar-refractivity contribution >= 4 is 11.8 Å². The first-order valence-corrected chi connectivity index (χ1v) is 10.2. The molecule has 0 aromatic rings. The maximum Gasteiger partial charge on any atom is 0.332 e. The van der Waals surface area contributed by atoms with Crippen LogP contribution in [0.2, 0.25) is 0 Å². The topological polar surface area (TPSA) is 83.8 Å². The molecule has 2 bridgehead atoms. The number of hydrogen-bond donors (Lipinski definition) is 2. The molecule has 0 spiro atoms. The first kappa shape index (κ1) is 20.5. The van der Waals surface area contributed by atoms with Crippen LogP contribution in [0.3, 0.4) is 0 Å². The zero-order valence-electron chi connectivity index (χ0n) is 17.0. The van der Waals surface area contributed by atoms with Crippen molar-refractivity contribution in [1.29, 1.82) is 0 Å². The van der Waals surface area contributed by atoms with Crippen LogP contribution in [-0.4, -0.2) is 40.8 Å². The molecular formula is C22H34O5. The highest BCUT2D eigenvalue weighted by Crippen LogP contribution is 2.67. The second kappa shape index (κ2) is 6.70. The van der Waals surface area contributed by atoms with Gasteiger partial charge in [-0.15, -0.1) is 6.58 Å². The normalized spacial score (nSPS) is 49.7. The second-order valence-corrected chi connectivity index (χ2v) is 9.72. The molecule has 0 amide bonds. The maximum atomic E-state index is 13.1. The quantitative estimate of drug-likeness (QED) is 0.583. The van der Waals surface area contributed by atoms with Gasteiger partial charge in [0.2, 0.25) is 0 Å². The monoisotopic (exact) mass is 378 g/mol. The van der Waals surface area contributed by atoms with E-state index in [9.17, 15) is 19.8 Å². The summed E-state index contributed by atoms with van der Waals surface area (Å²) in [4.78, 5) is 25.2. The number of rotatable bonds is 3. The zero-order chi connectivity index (χ0) is 20.2. The van der Waals surface area contributed by atoms with E-state index in [0.717, 1.165) is 19.3 Å². The summed E-state index contributed by atoms with van der Waals surface area (Å²) in [6.07, 6.45) is 4.10. The van der Waals surface area contributed by atoms with Gasteiger partial charge in [-0.1, -0.05) is 33.8 Å². The summed E-state index contributed by atoms with van der Waals surface area (Å²) in [5.74, 6) is -0.520. The van der Waals surface area contributed by atoms with E-state index in [2.05, 4.69) is 27.4 Å². The molecule has 3 aliphatic rings. The van der Waals surface area contributed by atoms with Crippen LogP contribution in [0.1, 0.15) is 59.8 Å². The Morgan fingerprint density at radius 3 is 2.59 bits per heavy atom. The number of ketones is 1. The standard InChI is InChI=1S/C22H34O5/c1-6-20(4)11-16(27-17(25)12-23)21(5)13(2)7-9-22(14(3)19(20)26)10-8-15(24)18(21)22/h6,13-14,16,18-19,23,26H,1,7-12H2,2-5H3/t13-,14-,16-,18?,19+,20-,21+,22+/m1/s1. The summed E-state index contributed by atoms with van der Waals surface area (Å²) >= 11 is 0. The SMILES string of the molecule is C=C[C@]1(C)C[C@@H](OC(=O)CO)[C@@]2(C)C3C(=O)CC[C@@]3(CC[C@H]2C)[C@H](C)[C@@H]1O. The molecule has 1 unspecified atom stereocenters. The Labute approximate surface area is 162 Å². The molecule has 27 heavy (non-hydrogen) atoms. The molecule has 0 aliphatic heterocycles. The molecule has 2 N–H and O–H groups in total. The summed E-state index contributed by atoms with van der Waals surface area (Å²) in [7, 11) is 0. The molecular weight excluding hydrogens is 344 g/mol. The van der Waals surface area contributed by atoms with Gasteiger partial charge in [0, 0.05) is 23.2 Å². The smallest absolute Gasteiger partial charge is 0.332 e. The molecule has 3 aliphatic carbocycles. The number of carbonyl (C=O) groups is 2. The van der Waals surface area contributed by atoms with Gasteiger partial charge in [-0.2, -0.15) is 0 Å². The van der Waals surface area contributed by atoms with E-state index in [1.807, 2.05) is 6.92 Å². The third kappa shape index (κ3) is 2.72. The first-order valence-electron chi connectivity index (χ1n) is 10.2. The van der Waals surface area contributed by atoms with Crippen LogP contribution < -0.4 is 0 Å². The predicted octanol–water partition coefficient (Wildman–Crippen LogP) is 2.89. The Bertz CT molecular complexity index is 645. The van der Waals surface area contributed by atoms with E-state index in [-0.39, 0.29) is 29.0 Å². The van der Waals surface area contributed by atoms with Crippen molar-refractivity contribution in [3.63, 3.8) is 0 Å². The van der Waals surface area contributed by atoms with Crippen LogP contribution in [0.5, 0.6) is 0 Å². The summed E-state index contributed by atoms with van der Waals surface area (Å²) in [5, 5.41) is 20.6. The number of Topliss-reactive ketones (excluding diaryl/α,β-unsaturated/α-hetero) is 1. The van der Waals surface area contributed by atoms with Crippen LogP contribution in [-0.2, 0) is 14.3 Å². The minimum Gasteiger partial charge on any atom is -0.460 e. The summed E-state index contributed by atoms with van der Waals surface area (Å²) in [6.45, 7) is 11.5. The van der Waals surface area contributed by atoms with Crippen LogP contribution in [0.15, 0.2) is 12.7 Å². The van der Waals surface area contributed by atoms with Crippen molar-refractivity contribution in [2.75, 3.05) is 6.61 Å². The molecule has 3 rings (SSSR count). The molecule has 3 saturated carbocycles. The van der Waals surface area contributed by atoms with E-state index in [1.54, 1.807) is 6.08 Å². The van der Waals surface area contributed by atoms with Crippen LogP contribution in [0.4, 0.5) is 0 Å². The lowest BCUT2D eigenvalue weighted by atomic mass is 9.44. The zero-order valence-corrected chi connectivity index (χ0v) is 17.0. The van der Waals surface area contributed by atoms with E-state index in [0.29, 0.717) is 12.8 Å². The van der Waals surface area contributed by atoms with Gasteiger partial charge in [0.1, 0.15) is 18.5 Å². The fourth-order valence-corrected chi connectivity index (χ4v) is 6.70. The molecule has 152 valence electrons. The average molecular weight is 379 g/mol. The second-order valence-electron chi connectivity index (χ2n) is 9.72. The lowest BCUT2D eigenvalue weighted by Crippen LogP contribution is -2.63. The first-order chi connectivity index (χ1) is 12.6. The minimum atomic E-state index is -0.686. The molecule has 5 nitrogen and oxygen atoms in total. The lowest BCUT2D eigenvalue weighted by Gasteiger charge is -2.61. The van der Waals surface area contributed by atoms with Gasteiger partial charge in [-0.25, -0.2) is 4.79 Å². The molecule has 0 aromatic heterocycles. The Kier molecular flexibility index (Phi) is 5.09. The average Bonchev–Trinajstić information content (AvgIpc) is 3.00. The van der Waals surface area contributed by atoms with Gasteiger partial charge in [0.15, 0.2) is 0 Å². The van der Waals surface area contributed by atoms with E-state index in [4.69, 9.17) is 4.74 Å². The highest BCUT2D eigenvalue weighted by molar-refractivity contribution is 5.85. The van der Waals surface area contributed by atoms with E-state index < -0.39 is 35.6 Å². The summed E-state index contributed by atoms with van der Waals surface area (Å²) < 4.78 is 5.77. The Hall–Kier alpha value is -1.20. The number of esters is 1. The highest BCUT2D eigenvalue weighted by Gasteiger charge is 2.68. The molecule has 3 fully saturated rings. The number of aliphatic hydroxyl groups is 2. The predicted molar refractivity (Wildman–Crippen MR) is 102 cm³/mol. The molecule has 0 aromatic carbocycles. The number of aliphatic hydroxyl groups excluding tert-OH is 2. The van der Waals surface area contributed by atoms with Crippen molar-refractivity contribution in [3.05, 3.63) is 12.7 Å². The van der Waals surface area contributed by atoms with Gasteiger partial charge < -0.3 is 14.9 Å². The summed E-state index contributed by atoms with van der Waals surface area (Å²) in [5.41, 5.74) is -1.43. The van der Waals surface area contributed by atoms with Crippen LogP contribution in [0, 0.1) is 34.0 Å². The van der Waals surface area contributed by atoms with Gasteiger partial charge >= 0.3 is 5.97 Å². The van der Waals surface area contributed by atoms with Crippen molar-refractivity contribution < 1.29 is 24.5 Å². The minimum absolute atomic E-state index is 0.0433. The van der Waals surface area contributed by atoms with Crippen molar-refractivity contribution in [2.45, 2.75) is 72.0 Å². The van der Waals surface area contributed by atoms with Crippen molar-refractivity contribution in [3.8, 4) is 0 Å². The summed E-state index contributed by atoms with van der Waals surface area (Å²) in [6, 6.07) is 0. The van der Waals surface area contributed by atoms with E-state index >= 15 is 0 Å². The Balaban J connectivity index is 2.21. The third-order valence-corrected chi connectivity index (χ3v) is 8.70. The molecule has 5 heteroatoms. The third-order valence-electron chi connectivity index (χ3n) is 8.70. The number of ether oxygens (including phenoxy) is 1. The van der Waals surface area contributed by atoms with Gasteiger partial charge in [0.05, 0.1) is 6.10 Å². The molecule has 0 saturated heterocycles. The molecule has 0 heterocycles. The molecule has 8 atom stereocenters. The van der Waals surface area contributed by atoms with Crippen molar-refractivity contribution in [1.82, 2.24) is 0 Å². The fourth-order valence-electron chi connectivity index (χ4n) is 6.70. The Morgan fingerprint density at radius 2 is 2.00 bits per heavy atom. The highest BCUT2D eigenvalue weighted by atomic mass is 16.6. The maximum absolute atomic E-state index is 13.1. The van der Waals surface area contributed by atoms with Crippen LogP contribution in [0.25, 0.3) is 0 Å². The van der Waals surface area contributed by atoms with Gasteiger partial charge in [-0.05, 0) is 42.9 Å². The van der Waals surface area contributed by atoms with Gasteiger partial charge in [0.25, 0.3) is 0 Å².